The number of anilines is 1. The maximum Gasteiger partial charge on any atom is 0.251 e. The third-order valence-corrected chi connectivity index (χ3v) is 5.34. The summed E-state index contributed by atoms with van der Waals surface area (Å²) in [5.74, 6) is 0.625. The van der Waals surface area contributed by atoms with Crippen molar-refractivity contribution < 1.29 is 14.0 Å². The van der Waals surface area contributed by atoms with E-state index in [1.807, 2.05) is 27.7 Å². The van der Waals surface area contributed by atoms with Crippen molar-refractivity contribution >= 4 is 29.1 Å². The van der Waals surface area contributed by atoms with Crippen LogP contribution in [0, 0.1) is 6.92 Å². The van der Waals surface area contributed by atoms with Crippen molar-refractivity contribution in [3.05, 3.63) is 77.3 Å². The van der Waals surface area contributed by atoms with Gasteiger partial charge in [-0.15, -0.1) is 10.2 Å². The number of nitrogens with one attached hydrogen (secondary N) is 1. The van der Waals surface area contributed by atoms with Gasteiger partial charge in [0.1, 0.15) is 18.3 Å². The largest absolute Gasteiger partial charge is 0.458 e. The van der Waals surface area contributed by atoms with Gasteiger partial charge in [-0.05, 0) is 87.0 Å². The van der Waals surface area contributed by atoms with Gasteiger partial charge >= 0.3 is 0 Å². The van der Waals surface area contributed by atoms with Gasteiger partial charge in [0, 0.05) is 28.6 Å². The lowest BCUT2D eigenvalue weighted by Crippen LogP contribution is -2.50. The second-order valence-corrected chi connectivity index (χ2v) is 9.65. The fourth-order valence-corrected chi connectivity index (χ4v) is 3.73. The molecular formula is C25H26ClN7O3. The van der Waals surface area contributed by atoms with Crippen molar-refractivity contribution in [3.8, 4) is 11.6 Å². The monoisotopic (exact) mass is 507 g/mol. The van der Waals surface area contributed by atoms with Crippen molar-refractivity contribution in [2.45, 2.75) is 45.8 Å². The van der Waals surface area contributed by atoms with Gasteiger partial charge in [0.15, 0.2) is 5.76 Å². The van der Waals surface area contributed by atoms with E-state index in [2.05, 4.69) is 25.7 Å². The maximum absolute atomic E-state index is 13.8. The molecule has 3 heterocycles. The van der Waals surface area contributed by atoms with E-state index in [0.29, 0.717) is 27.8 Å². The van der Waals surface area contributed by atoms with Crippen molar-refractivity contribution in [2.75, 3.05) is 4.90 Å². The van der Waals surface area contributed by atoms with Gasteiger partial charge in [-0.2, -0.15) is 4.80 Å². The number of carbonyl (C=O) groups excluding carboxylic acids is 2. The highest BCUT2D eigenvalue weighted by Gasteiger charge is 2.35. The smallest absolute Gasteiger partial charge is 0.251 e. The van der Waals surface area contributed by atoms with Crippen molar-refractivity contribution in [1.82, 2.24) is 30.5 Å². The van der Waals surface area contributed by atoms with E-state index in [1.54, 1.807) is 60.9 Å². The lowest BCUT2D eigenvalue weighted by atomic mass is 10.0. The van der Waals surface area contributed by atoms with Crippen LogP contribution in [0.3, 0.4) is 0 Å². The molecule has 4 aromatic rings. The van der Waals surface area contributed by atoms with Crippen LogP contribution in [-0.2, 0) is 16.1 Å². The Morgan fingerprint density at radius 2 is 1.78 bits per heavy atom. The van der Waals surface area contributed by atoms with Crippen LogP contribution in [0.25, 0.3) is 11.6 Å². The number of halogens is 1. The highest BCUT2D eigenvalue weighted by molar-refractivity contribution is 6.30. The van der Waals surface area contributed by atoms with E-state index >= 15 is 0 Å². The summed E-state index contributed by atoms with van der Waals surface area (Å²) in [6.07, 6.45) is 3.15. The predicted molar refractivity (Wildman–Crippen MR) is 134 cm³/mol. The Morgan fingerprint density at radius 1 is 1.08 bits per heavy atom. The molecule has 1 N–H and O–H groups in total. The van der Waals surface area contributed by atoms with Crippen LogP contribution in [-0.4, -0.2) is 42.5 Å². The summed E-state index contributed by atoms with van der Waals surface area (Å²) in [6.45, 7) is 7.17. The summed E-state index contributed by atoms with van der Waals surface area (Å²) in [7, 11) is 0. The van der Waals surface area contributed by atoms with Crippen LogP contribution in [0.15, 0.2) is 65.3 Å². The Kier molecular flexibility index (Phi) is 7.16. The normalized spacial score (nSPS) is 12.2. The first-order valence-electron chi connectivity index (χ1n) is 11.2. The summed E-state index contributed by atoms with van der Waals surface area (Å²) >= 11 is 6.10. The topological polar surface area (TPSA) is 119 Å². The molecule has 0 bridgehead atoms. The summed E-state index contributed by atoms with van der Waals surface area (Å²) in [6, 6.07) is 12.6. The molecule has 2 amide bonds. The molecule has 0 saturated heterocycles. The number of pyridine rings is 1. The predicted octanol–water partition coefficient (Wildman–Crippen LogP) is 3.98. The van der Waals surface area contributed by atoms with Gasteiger partial charge in [0.2, 0.25) is 11.7 Å². The van der Waals surface area contributed by atoms with Crippen LogP contribution < -0.4 is 10.2 Å². The van der Waals surface area contributed by atoms with Crippen molar-refractivity contribution in [3.63, 3.8) is 0 Å². The number of benzene rings is 1. The molecule has 1 unspecified atom stereocenters. The van der Waals surface area contributed by atoms with Gasteiger partial charge in [0.05, 0.1) is 0 Å². The molecule has 4 rings (SSSR count). The summed E-state index contributed by atoms with van der Waals surface area (Å²) in [5, 5.41) is 15.8. The van der Waals surface area contributed by atoms with Gasteiger partial charge in [-0.25, -0.2) is 0 Å². The number of hydrogen-bond donors (Lipinski definition) is 1. The molecule has 1 aromatic carbocycles. The summed E-state index contributed by atoms with van der Waals surface area (Å²) in [5.41, 5.74) is 0.547. The maximum atomic E-state index is 13.8. The number of rotatable bonds is 7. The first kappa shape index (κ1) is 25.1. The second kappa shape index (κ2) is 10.3. The van der Waals surface area contributed by atoms with E-state index in [0.717, 1.165) is 0 Å². The fourth-order valence-electron chi connectivity index (χ4n) is 3.60. The SMILES string of the molecule is Cc1ccc(-c2nnn(CC(=O)N(c3ccc(Cl)cc3)C(C(=O)NC(C)(C)C)c3ccncc3)n2)o1. The molecule has 186 valence electrons. The van der Waals surface area contributed by atoms with E-state index in [1.165, 1.54) is 9.70 Å². The Balaban J connectivity index is 1.72. The number of amides is 2. The fraction of sp³-hybridized carbons (Fsp3) is 0.280. The molecule has 0 aliphatic rings. The number of tetrazole rings is 1. The zero-order chi connectivity index (χ0) is 25.9. The minimum absolute atomic E-state index is 0.255. The number of aromatic nitrogens is 5. The molecule has 3 aromatic heterocycles. The van der Waals surface area contributed by atoms with Gasteiger partial charge in [-0.1, -0.05) is 11.6 Å². The summed E-state index contributed by atoms with van der Waals surface area (Å²) < 4.78 is 5.54. The highest BCUT2D eigenvalue weighted by Crippen LogP contribution is 2.30. The molecule has 0 saturated carbocycles. The molecule has 10 nitrogen and oxygen atoms in total. The number of aryl methyl sites for hydroxylation is 1. The quantitative estimate of drug-likeness (QED) is 0.401. The molecule has 11 heteroatoms. The number of furan rings is 1. The average molecular weight is 508 g/mol. The molecule has 1 atom stereocenters. The standard InChI is InChI=1S/C25H26ClN7O3/c1-16-5-10-20(36-16)23-29-31-32(30-23)15-21(34)33(19-8-6-18(26)7-9-19)22(17-11-13-27-14-12-17)24(35)28-25(2,3)4/h5-14,22H,15H2,1-4H3,(H,28,35). The Bertz CT molecular complexity index is 1340. The molecule has 0 aliphatic heterocycles. The van der Waals surface area contributed by atoms with Crippen molar-refractivity contribution in [2.24, 2.45) is 0 Å². The minimum Gasteiger partial charge on any atom is -0.458 e. The average Bonchev–Trinajstić information content (AvgIpc) is 3.46. The van der Waals surface area contributed by atoms with E-state index in [9.17, 15) is 9.59 Å². The zero-order valence-corrected chi connectivity index (χ0v) is 21.1. The van der Waals surface area contributed by atoms with Crippen LogP contribution in [0.1, 0.15) is 38.1 Å². The van der Waals surface area contributed by atoms with Gasteiger partial charge in [0.25, 0.3) is 5.91 Å². The van der Waals surface area contributed by atoms with Crippen LogP contribution in [0.2, 0.25) is 5.02 Å². The molecular weight excluding hydrogens is 482 g/mol. The summed E-state index contributed by atoms with van der Waals surface area (Å²) in [4.78, 5) is 34.0. The molecule has 0 radical (unpaired) electrons. The van der Waals surface area contributed by atoms with Crippen LogP contribution >= 0.6 is 11.6 Å². The molecule has 36 heavy (non-hydrogen) atoms. The first-order chi connectivity index (χ1) is 17.1. The highest BCUT2D eigenvalue weighted by atomic mass is 35.5. The van der Waals surface area contributed by atoms with Crippen molar-refractivity contribution in [1.29, 1.82) is 0 Å². The van der Waals surface area contributed by atoms with E-state index in [-0.39, 0.29) is 18.3 Å². The number of nitrogens with zero attached hydrogens (tertiary/aromatic N) is 6. The van der Waals surface area contributed by atoms with E-state index in [4.69, 9.17) is 16.0 Å². The number of carbonyl (C=O) groups is 2. The molecule has 0 fully saturated rings. The second-order valence-electron chi connectivity index (χ2n) is 9.22. The third-order valence-electron chi connectivity index (χ3n) is 5.09. The zero-order valence-electron chi connectivity index (χ0n) is 20.3. The van der Waals surface area contributed by atoms with Gasteiger partial charge < -0.3 is 9.73 Å². The molecule has 0 aliphatic carbocycles. The minimum atomic E-state index is -0.989. The van der Waals surface area contributed by atoms with Gasteiger partial charge in [-0.3, -0.25) is 19.5 Å². The lowest BCUT2D eigenvalue weighted by molar-refractivity contribution is -0.128. The third kappa shape index (κ3) is 5.95. The van der Waals surface area contributed by atoms with E-state index < -0.39 is 17.5 Å². The Labute approximate surface area is 213 Å². The Morgan fingerprint density at radius 3 is 2.39 bits per heavy atom. The Hall–Kier alpha value is -4.05. The van der Waals surface area contributed by atoms with Crippen LogP contribution in [0.4, 0.5) is 5.69 Å². The number of hydrogen-bond acceptors (Lipinski definition) is 7. The first-order valence-corrected chi connectivity index (χ1v) is 11.6. The van der Waals surface area contributed by atoms with Crippen LogP contribution in [0.5, 0.6) is 0 Å². The lowest BCUT2D eigenvalue weighted by Gasteiger charge is -2.33. The molecule has 0 spiro atoms.